The molecule has 27 heavy (non-hydrogen) atoms. The Hall–Kier alpha value is -2.43. The first-order chi connectivity index (χ1) is 12.9. The van der Waals surface area contributed by atoms with Crippen LogP contribution in [0, 0.1) is 11.3 Å². The molecule has 0 bridgehead atoms. The smallest absolute Gasteiger partial charge is 0.252 e. The van der Waals surface area contributed by atoms with Gasteiger partial charge in [-0.05, 0) is 18.2 Å². The Kier molecular flexibility index (Phi) is 5.78. The molecule has 5 nitrogen and oxygen atoms in total. The van der Waals surface area contributed by atoms with Crippen LogP contribution in [0.15, 0.2) is 40.9 Å². The third-order valence-electron chi connectivity index (χ3n) is 3.66. The molecule has 7 heteroatoms. The second kappa shape index (κ2) is 8.07. The van der Waals surface area contributed by atoms with Gasteiger partial charge in [-0.3, -0.25) is 9.78 Å². The molecule has 1 amide bonds. The van der Waals surface area contributed by atoms with Crippen molar-refractivity contribution < 1.29 is 4.79 Å². The summed E-state index contributed by atoms with van der Waals surface area (Å²) < 4.78 is -0.00539. The number of hydrogen-bond donors (Lipinski definition) is 1. The number of amides is 1. The number of benzene rings is 1. The van der Waals surface area contributed by atoms with Gasteiger partial charge < -0.3 is 5.32 Å². The van der Waals surface area contributed by atoms with Gasteiger partial charge in [0.15, 0.2) is 0 Å². The molecule has 0 saturated heterocycles. The average Bonchev–Trinajstić information content (AvgIpc) is 3.13. The molecule has 0 aliphatic heterocycles. The van der Waals surface area contributed by atoms with Crippen molar-refractivity contribution in [2.75, 3.05) is 6.54 Å². The van der Waals surface area contributed by atoms with Crippen molar-refractivity contribution in [1.82, 2.24) is 15.3 Å². The highest BCUT2D eigenvalue weighted by Crippen LogP contribution is 2.36. The monoisotopic (exact) mass is 396 g/mol. The fourth-order valence-electron chi connectivity index (χ4n) is 2.57. The van der Waals surface area contributed by atoms with Gasteiger partial charge >= 0.3 is 0 Å². The summed E-state index contributed by atoms with van der Waals surface area (Å²) in [6.45, 7) is 6.88. The Bertz CT molecular complexity index is 1000. The number of nitrogens with zero attached hydrogens (tertiary/aromatic N) is 3. The molecule has 0 aliphatic rings. The van der Waals surface area contributed by atoms with Crippen LogP contribution in [-0.4, -0.2) is 27.2 Å². The quantitative estimate of drug-likeness (QED) is 0.646. The summed E-state index contributed by atoms with van der Waals surface area (Å²) in [6, 6.07) is 7.64. The lowest BCUT2D eigenvalue weighted by atomic mass is 10.1. The molecule has 0 unspecified atom stereocenters. The topological polar surface area (TPSA) is 78.7 Å². The van der Waals surface area contributed by atoms with E-state index in [1.54, 1.807) is 47.6 Å². The van der Waals surface area contributed by atoms with Crippen molar-refractivity contribution in [2.24, 2.45) is 0 Å². The fraction of sp³-hybridized carbons (Fsp3) is 0.300. The highest BCUT2D eigenvalue weighted by atomic mass is 32.2. The molecule has 138 valence electrons. The van der Waals surface area contributed by atoms with Gasteiger partial charge in [0, 0.05) is 45.8 Å². The molecule has 3 rings (SSSR count). The van der Waals surface area contributed by atoms with Gasteiger partial charge in [0.1, 0.15) is 0 Å². The van der Waals surface area contributed by atoms with Gasteiger partial charge in [0.25, 0.3) is 5.91 Å². The molecule has 0 saturated carbocycles. The van der Waals surface area contributed by atoms with Gasteiger partial charge in [-0.15, -0.1) is 23.1 Å². The molecule has 2 aromatic heterocycles. The van der Waals surface area contributed by atoms with Crippen LogP contribution in [0.3, 0.4) is 0 Å². The van der Waals surface area contributed by atoms with E-state index in [0.29, 0.717) is 24.1 Å². The minimum absolute atomic E-state index is 0.00539. The summed E-state index contributed by atoms with van der Waals surface area (Å²) in [5.41, 5.74) is 1.87. The molecule has 0 atom stereocenters. The maximum absolute atomic E-state index is 12.4. The zero-order valence-electron chi connectivity index (χ0n) is 15.4. The summed E-state index contributed by atoms with van der Waals surface area (Å²) in [6.07, 6.45) is 4.06. The van der Waals surface area contributed by atoms with E-state index in [4.69, 9.17) is 0 Å². The number of thiazole rings is 1. The Morgan fingerprint density at radius 3 is 2.78 bits per heavy atom. The van der Waals surface area contributed by atoms with Gasteiger partial charge in [-0.2, -0.15) is 5.26 Å². The summed E-state index contributed by atoms with van der Waals surface area (Å²) in [5.74, 6) is -0.173. The number of nitrogens with one attached hydrogen (secondary N) is 1. The van der Waals surface area contributed by atoms with E-state index in [1.165, 1.54) is 0 Å². The number of hydrogen-bond acceptors (Lipinski definition) is 6. The second-order valence-electron chi connectivity index (χ2n) is 7.03. The van der Waals surface area contributed by atoms with Crippen LogP contribution in [0.1, 0.15) is 41.7 Å². The van der Waals surface area contributed by atoms with E-state index in [-0.39, 0.29) is 10.7 Å². The van der Waals surface area contributed by atoms with Crippen LogP contribution in [-0.2, 0) is 6.42 Å². The van der Waals surface area contributed by atoms with Crippen LogP contribution in [0.25, 0.3) is 10.9 Å². The predicted molar refractivity (Wildman–Crippen MR) is 110 cm³/mol. The van der Waals surface area contributed by atoms with Gasteiger partial charge in [0.05, 0.1) is 27.7 Å². The minimum Gasteiger partial charge on any atom is -0.352 e. The Morgan fingerprint density at radius 1 is 1.30 bits per heavy atom. The highest BCUT2D eigenvalue weighted by molar-refractivity contribution is 8.00. The van der Waals surface area contributed by atoms with E-state index < -0.39 is 0 Å². The van der Waals surface area contributed by atoms with Crippen molar-refractivity contribution in [2.45, 2.75) is 36.8 Å². The molecule has 1 N–H and O–H groups in total. The maximum atomic E-state index is 12.4. The number of carbonyl (C=O) groups is 1. The molecule has 0 aliphatic carbocycles. The molecule has 0 spiro atoms. The molecular formula is C20H20N4OS2. The lowest BCUT2D eigenvalue weighted by Crippen LogP contribution is -2.25. The van der Waals surface area contributed by atoms with E-state index in [2.05, 4.69) is 42.1 Å². The first kappa shape index (κ1) is 19.3. The predicted octanol–water partition coefficient (Wildman–Crippen LogP) is 4.43. The van der Waals surface area contributed by atoms with E-state index in [1.807, 2.05) is 11.4 Å². The number of fused-ring (bicyclic) bond motifs is 1. The minimum atomic E-state index is -0.173. The van der Waals surface area contributed by atoms with Crippen LogP contribution >= 0.6 is 23.1 Å². The number of aromatic nitrogens is 2. The van der Waals surface area contributed by atoms with Gasteiger partial charge in [-0.25, -0.2) is 4.98 Å². The summed E-state index contributed by atoms with van der Waals surface area (Å²) in [7, 11) is 0. The highest BCUT2D eigenvalue weighted by Gasteiger charge is 2.17. The SMILES string of the molecule is CC(C)(C)Sc1cc(C#N)cc2cc(C(=O)NCCc3nccs3)cnc12. The number of rotatable bonds is 5. The van der Waals surface area contributed by atoms with Crippen molar-refractivity contribution in [3.05, 3.63) is 52.1 Å². The second-order valence-corrected chi connectivity index (χ2v) is 9.88. The molecule has 2 heterocycles. The number of thioether (sulfide) groups is 1. The lowest BCUT2D eigenvalue weighted by Gasteiger charge is -2.19. The largest absolute Gasteiger partial charge is 0.352 e. The summed E-state index contributed by atoms with van der Waals surface area (Å²) >= 11 is 3.24. The van der Waals surface area contributed by atoms with Gasteiger partial charge in [-0.1, -0.05) is 20.8 Å². The maximum Gasteiger partial charge on any atom is 0.252 e. The standard InChI is InChI=1S/C20H20N4OS2/c1-20(2,3)27-16-9-13(11-21)8-14-10-15(12-24-18(14)16)19(25)23-5-4-17-22-6-7-26-17/h6-10,12H,4-5H2,1-3H3,(H,23,25). The third kappa shape index (κ3) is 5.06. The number of carbonyl (C=O) groups excluding carboxylic acids is 1. The first-order valence-electron chi connectivity index (χ1n) is 8.55. The van der Waals surface area contributed by atoms with Crippen LogP contribution in [0.2, 0.25) is 0 Å². The summed E-state index contributed by atoms with van der Waals surface area (Å²) in [5, 5.41) is 16.0. The fourth-order valence-corrected chi connectivity index (χ4v) is 4.31. The zero-order valence-corrected chi connectivity index (χ0v) is 17.1. The van der Waals surface area contributed by atoms with Crippen LogP contribution < -0.4 is 5.32 Å². The first-order valence-corrected chi connectivity index (χ1v) is 10.2. The van der Waals surface area contributed by atoms with Crippen LogP contribution in [0.5, 0.6) is 0 Å². The zero-order chi connectivity index (χ0) is 19.4. The lowest BCUT2D eigenvalue weighted by molar-refractivity contribution is 0.0954. The summed E-state index contributed by atoms with van der Waals surface area (Å²) in [4.78, 5) is 22.1. The Labute approximate surface area is 166 Å². The van der Waals surface area contributed by atoms with E-state index in [0.717, 1.165) is 20.8 Å². The van der Waals surface area contributed by atoms with Crippen molar-refractivity contribution >= 4 is 39.9 Å². The molecule has 0 fully saturated rings. The van der Waals surface area contributed by atoms with Crippen molar-refractivity contribution in [3.63, 3.8) is 0 Å². The average molecular weight is 397 g/mol. The van der Waals surface area contributed by atoms with Crippen molar-refractivity contribution in [1.29, 1.82) is 5.26 Å². The number of pyridine rings is 1. The number of nitriles is 1. The molecule has 1 aromatic carbocycles. The Morgan fingerprint density at radius 2 is 2.11 bits per heavy atom. The molecule has 0 radical (unpaired) electrons. The Balaban J connectivity index is 1.83. The molecular weight excluding hydrogens is 376 g/mol. The van der Waals surface area contributed by atoms with E-state index >= 15 is 0 Å². The van der Waals surface area contributed by atoms with Gasteiger partial charge in [0.2, 0.25) is 0 Å². The third-order valence-corrected chi connectivity index (χ3v) is 5.65. The normalized spacial score (nSPS) is 11.3. The van der Waals surface area contributed by atoms with Crippen molar-refractivity contribution in [3.8, 4) is 6.07 Å². The molecule has 3 aromatic rings. The van der Waals surface area contributed by atoms with E-state index in [9.17, 15) is 10.1 Å². The van der Waals surface area contributed by atoms with Crippen LogP contribution in [0.4, 0.5) is 0 Å².